The lowest BCUT2D eigenvalue weighted by Crippen LogP contribution is -2.33. The van der Waals surface area contributed by atoms with Crippen LogP contribution >= 0.6 is 0 Å². The molecule has 0 bridgehead atoms. The predicted molar refractivity (Wildman–Crippen MR) is 98.8 cm³/mol. The number of guanidine groups is 1. The summed E-state index contributed by atoms with van der Waals surface area (Å²) in [6.07, 6.45) is 12.4. The van der Waals surface area contributed by atoms with Gasteiger partial charge in [-0.15, -0.1) is 0 Å². The first-order valence-electron chi connectivity index (χ1n) is 9.28. The van der Waals surface area contributed by atoms with Crippen LogP contribution in [0.1, 0.15) is 83.5 Å². The molecule has 0 radical (unpaired) electrons. The third-order valence-electron chi connectivity index (χ3n) is 4.24. The van der Waals surface area contributed by atoms with E-state index in [0.717, 1.165) is 57.9 Å². The van der Waals surface area contributed by atoms with Gasteiger partial charge in [-0.05, 0) is 25.7 Å². The van der Waals surface area contributed by atoms with E-state index < -0.39 is 0 Å². The normalized spacial score (nSPS) is 10.5. The molecule has 0 saturated carbocycles. The number of carbonyl (C=O) groups excluding carboxylic acids is 2. The van der Waals surface area contributed by atoms with Crippen LogP contribution in [0.2, 0.25) is 0 Å². The Morgan fingerprint density at radius 3 is 1.62 bits per heavy atom. The van der Waals surface area contributed by atoms with Crippen molar-refractivity contribution >= 4 is 17.6 Å². The maximum absolute atomic E-state index is 11.8. The molecule has 0 heterocycles. The molecule has 0 aromatic heterocycles. The van der Waals surface area contributed by atoms with Crippen LogP contribution in [-0.4, -0.2) is 36.1 Å². The average molecular weight is 341 g/mol. The number of hydrogen-bond donors (Lipinski definition) is 3. The number of Topliss-reactive ketones (excluding diaryl/α,β-unsaturated/α-hetero) is 1. The first kappa shape index (κ1) is 22.4. The van der Waals surface area contributed by atoms with E-state index in [2.05, 4.69) is 0 Å². The number of nitrogens with one attached hydrogen (secondary N) is 1. The Bertz CT molecular complexity index is 372. The number of unbranched alkanes of at least 4 members (excludes halogenated alkanes) is 8. The maximum atomic E-state index is 11.8. The number of ketones is 1. The number of primary amides is 1. The fraction of sp³-hybridized carbons (Fsp3) is 0.833. The van der Waals surface area contributed by atoms with Crippen LogP contribution in [0.4, 0.5) is 0 Å². The van der Waals surface area contributed by atoms with Gasteiger partial charge < -0.3 is 16.4 Å². The second kappa shape index (κ2) is 15.0. The lowest BCUT2D eigenvalue weighted by atomic mass is 10.0. The van der Waals surface area contributed by atoms with E-state index in [1.54, 1.807) is 4.90 Å². The highest BCUT2D eigenvalue weighted by Crippen LogP contribution is 2.11. The molecule has 0 atom stereocenters. The molecule has 0 rings (SSSR count). The fourth-order valence-electron chi connectivity index (χ4n) is 2.60. The molecular formula is C18H36N4O2. The van der Waals surface area contributed by atoms with E-state index in [-0.39, 0.29) is 11.9 Å². The van der Waals surface area contributed by atoms with Crippen molar-refractivity contribution in [3.05, 3.63) is 0 Å². The molecule has 6 heteroatoms. The Morgan fingerprint density at radius 1 is 0.750 bits per heavy atom. The van der Waals surface area contributed by atoms with Crippen molar-refractivity contribution < 1.29 is 9.59 Å². The van der Waals surface area contributed by atoms with Gasteiger partial charge in [-0.25, -0.2) is 0 Å². The van der Waals surface area contributed by atoms with Crippen molar-refractivity contribution in [3.8, 4) is 0 Å². The van der Waals surface area contributed by atoms with Gasteiger partial charge in [-0.2, -0.15) is 0 Å². The molecule has 0 aliphatic heterocycles. The Morgan fingerprint density at radius 2 is 1.17 bits per heavy atom. The largest absolute Gasteiger partial charge is 0.370 e. The van der Waals surface area contributed by atoms with Crippen LogP contribution in [0.3, 0.4) is 0 Å². The van der Waals surface area contributed by atoms with Crippen molar-refractivity contribution in [2.45, 2.75) is 83.5 Å². The lowest BCUT2D eigenvalue weighted by molar-refractivity contribution is -0.119. The summed E-state index contributed by atoms with van der Waals surface area (Å²) >= 11 is 0. The highest BCUT2D eigenvalue weighted by molar-refractivity contribution is 5.78. The van der Waals surface area contributed by atoms with Crippen molar-refractivity contribution in [3.63, 3.8) is 0 Å². The highest BCUT2D eigenvalue weighted by Gasteiger charge is 2.03. The molecule has 24 heavy (non-hydrogen) atoms. The van der Waals surface area contributed by atoms with Crippen molar-refractivity contribution in [2.24, 2.45) is 11.5 Å². The lowest BCUT2D eigenvalue weighted by Gasteiger charge is -2.15. The molecule has 1 amide bonds. The summed E-state index contributed by atoms with van der Waals surface area (Å²) in [5.41, 5.74) is 10.5. The molecule has 0 spiro atoms. The van der Waals surface area contributed by atoms with Crippen LogP contribution < -0.4 is 11.5 Å². The Hall–Kier alpha value is -1.59. The van der Waals surface area contributed by atoms with E-state index >= 15 is 0 Å². The van der Waals surface area contributed by atoms with Gasteiger partial charge in [-0.3, -0.25) is 15.0 Å². The van der Waals surface area contributed by atoms with E-state index in [1.165, 1.54) is 12.8 Å². The molecule has 5 N–H and O–H groups in total. The summed E-state index contributed by atoms with van der Waals surface area (Å²) in [4.78, 5) is 24.1. The number of nitrogens with two attached hydrogens (primary N) is 2. The molecule has 0 saturated heterocycles. The first-order valence-corrected chi connectivity index (χ1v) is 9.28. The molecule has 6 nitrogen and oxygen atoms in total. The van der Waals surface area contributed by atoms with E-state index in [0.29, 0.717) is 25.0 Å². The van der Waals surface area contributed by atoms with Gasteiger partial charge in [0.05, 0.1) is 0 Å². The van der Waals surface area contributed by atoms with E-state index in [4.69, 9.17) is 16.9 Å². The number of amides is 1. The summed E-state index contributed by atoms with van der Waals surface area (Å²) in [5, 5.41) is 7.25. The third-order valence-corrected chi connectivity index (χ3v) is 4.24. The van der Waals surface area contributed by atoms with Gasteiger partial charge in [0.2, 0.25) is 5.91 Å². The second-order valence-electron chi connectivity index (χ2n) is 6.60. The highest BCUT2D eigenvalue weighted by atomic mass is 16.1. The maximum Gasteiger partial charge on any atom is 0.217 e. The number of rotatable bonds is 16. The molecular weight excluding hydrogens is 304 g/mol. The quantitative estimate of drug-likeness (QED) is 0.228. The van der Waals surface area contributed by atoms with E-state index in [9.17, 15) is 9.59 Å². The zero-order chi connectivity index (χ0) is 18.2. The predicted octanol–water partition coefficient (Wildman–Crippen LogP) is 2.94. The second-order valence-corrected chi connectivity index (χ2v) is 6.60. The molecule has 0 aromatic rings. The summed E-state index contributed by atoms with van der Waals surface area (Å²) < 4.78 is 0. The molecule has 0 fully saturated rings. The Labute approximate surface area is 146 Å². The molecule has 0 unspecified atom stereocenters. The molecule has 0 aromatic carbocycles. The zero-order valence-electron chi connectivity index (χ0n) is 15.3. The van der Waals surface area contributed by atoms with Crippen LogP contribution in [0.25, 0.3) is 0 Å². The van der Waals surface area contributed by atoms with Crippen molar-refractivity contribution in [1.82, 2.24) is 4.90 Å². The Kier molecular flexibility index (Phi) is 14.0. The van der Waals surface area contributed by atoms with Crippen LogP contribution in [0, 0.1) is 5.41 Å². The van der Waals surface area contributed by atoms with Gasteiger partial charge in [0.15, 0.2) is 5.96 Å². The smallest absolute Gasteiger partial charge is 0.217 e. The summed E-state index contributed by atoms with van der Waals surface area (Å²) in [6, 6.07) is 0. The van der Waals surface area contributed by atoms with Gasteiger partial charge >= 0.3 is 0 Å². The number of nitrogens with zero attached hydrogens (tertiary/aromatic N) is 1. The van der Waals surface area contributed by atoms with Gasteiger partial charge in [0, 0.05) is 32.9 Å². The van der Waals surface area contributed by atoms with Gasteiger partial charge in [-0.1, -0.05) is 38.5 Å². The Balaban J connectivity index is 3.29. The van der Waals surface area contributed by atoms with Crippen LogP contribution in [0.5, 0.6) is 0 Å². The summed E-state index contributed by atoms with van der Waals surface area (Å²) in [7, 11) is 1.81. The van der Waals surface area contributed by atoms with Gasteiger partial charge in [0.25, 0.3) is 0 Å². The van der Waals surface area contributed by atoms with Crippen LogP contribution in [-0.2, 0) is 9.59 Å². The SMILES string of the molecule is CN(CCCCCC(=O)CCCCCCCCCC(N)=O)C(=N)N. The topological polar surface area (TPSA) is 113 Å². The first-order chi connectivity index (χ1) is 11.4. The average Bonchev–Trinajstić information content (AvgIpc) is 2.52. The van der Waals surface area contributed by atoms with Gasteiger partial charge in [0.1, 0.15) is 5.78 Å². The third kappa shape index (κ3) is 15.3. The summed E-state index contributed by atoms with van der Waals surface area (Å²) in [5.74, 6) is 0.259. The van der Waals surface area contributed by atoms with Crippen molar-refractivity contribution in [1.29, 1.82) is 5.41 Å². The minimum atomic E-state index is -0.209. The monoisotopic (exact) mass is 340 g/mol. The minimum absolute atomic E-state index is 0.0962. The van der Waals surface area contributed by atoms with Crippen molar-refractivity contribution in [2.75, 3.05) is 13.6 Å². The standard InChI is InChI=1S/C18H36N4O2/c1-22(18(20)21)15-11-7-9-13-16(23)12-8-5-3-2-4-6-10-14-17(19)24/h2-15H2,1H3,(H2,19,24)(H3,20,21). The summed E-state index contributed by atoms with van der Waals surface area (Å²) in [6.45, 7) is 0.781. The number of hydrogen-bond acceptors (Lipinski definition) is 3. The van der Waals surface area contributed by atoms with E-state index in [1.807, 2.05) is 7.05 Å². The molecule has 0 aliphatic carbocycles. The molecule has 140 valence electrons. The minimum Gasteiger partial charge on any atom is -0.370 e. The molecule has 0 aliphatic rings. The zero-order valence-corrected chi connectivity index (χ0v) is 15.3. The number of carbonyl (C=O) groups is 2. The fourth-order valence-corrected chi connectivity index (χ4v) is 2.60. The van der Waals surface area contributed by atoms with Crippen LogP contribution in [0.15, 0.2) is 0 Å².